The van der Waals surface area contributed by atoms with Crippen LogP contribution in [0.4, 0.5) is 0 Å². The van der Waals surface area contributed by atoms with Gasteiger partial charge in [-0.2, -0.15) is 0 Å². The fourth-order valence-electron chi connectivity index (χ4n) is 4.81. The summed E-state index contributed by atoms with van der Waals surface area (Å²) in [5.41, 5.74) is 0.790. The number of hydrogen-bond donors (Lipinski definition) is 1. The smallest absolute Gasteiger partial charge is 0.358 e. The first-order valence-corrected chi connectivity index (χ1v) is 12.7. The lowest BCUT2D eigenvalue weighted by Gasteiger charge is -2.44. The van der Waals surface area contributed by atoms with E-state index in [4.69, 9.17) is 18.9 Å². The first-order chi connectivity index (χ1) is 17.6. The van der Waals surface area contributed by atoms with Gasteiger partial charge in [-0.1, -0.05) is 12.1 Å². The summed E-state index contributed by atoms with van der Waals surface area (Å²) in [6.07, 6.45) is -0.426. The van der Waals surface area contributed by atoms with E-state index in [9.17, 15) is 19.5 Å². The maximum Gasteiger partial charge on any atom is 0.358 e. The average molecular weight is 517 g/mol. The number of β-lactam (4-membered cyclic amide) rings is 1. The van der Waals surface area contributed by atoms with Crippen molar-refractivity contribution in [1.29, 1.82) is 0 Å². The van der Waals surface area contributed by atoms with Gasteiger partial charge in [0.1, 0.15) is 18.1 Å². The van der Waals surface area contributed by atoms with Crippen LogP contribution in [0.5, 0.6) is 5.75 Å². The van der Waals surface area contributed by atoms with Crippen molar-refractivity contribution in [1.82, 2.24) is 9.80 Å². The number of amides is 1. The second-order valence-corrected chi connectivity index (χ2v) is 10.6. The van der Waals surface area contributed by atoms with E-state index >= 15 is 0 Å². The van der Waals surface area contributed by atoms with Crippen LogP contribution in [0.2, 0.25) is 0 Å². The molecule has 0 aliphatic carbocycles. The Morgan fingerprint density at radius 1 is 1.14 bits per heavy atom. The predicted molar refractivity (Wildman–Crippen MR) is 133 cm³/mol. The quantitative estimate of drug-likeness (QED) is 0.298. The maximum atomic E-state index is 13.1. The second kappa shape index (κ2) is 11.2. The Bertz CT molecular complexity index is 1040. The van der Waals surface area contributed by atoms with Crippen molar-refractivity contribution < 1.29 is 38.4 Å². The van der Waals surface area contributed by atoms with E-state index in [0.717, 1.165) is 38.4 Å². The summed E-state index contributed by atoms with van der Waals surface area (Å²) in [6, 6.07) is 7.03. The van der Waals surface area contributed by atoms with Crippen molar-refractivity contribution in [2.24, 2.45) is 11.3 Å². The van der Waals surface area contributed by atoms with Gasteiger partial charge in [-0.15, -0.1) is 0 Å². The van der Waals surface area contributed by atoms with Crippen LogP contribution < -0.4 is 4.74 Å². The number of morpholine rings is 1. The van der Waals surface area contributed by atoms with E-state index in [-0.39, 0.29) is 17.6 Å². The van der Waals surface area contributed by atoms with E-state index in [1.807, 2.05) is 24.3 Å². The van der Waals surface area contributed by atoms with Crippen LogP contribution in [0, 0.1) is 11.3 Å². The normalized spacial score (nSPS) is 22.8. The highest BCUT2D eigenvalue weighted by molar-refractivity contribution is 6.06. The highest BCUT2D eigenvalue weighted by atomic mass is 16.7. The van der Waals surface area contributed by atoms with Crippen LogP contribution in [0.15, 0.2) is 30.0 Å². The summed E-state index contributed by atoms with van der Waals surface area (Å²) in [6.45, 7) is 10.8. The number of aliphatic hydroxyl groups is 1. The van der Waals surface area contributed by atoms with Gasteiger partial charge >= 0.3 is 11.9 Å². The molecular weight excluding hydrogens is 480 g/mol. The Morgan fingerprint density at radius 2 is 1.81 bits per heavy atom. The number of benzene rings is 1. The van der Waals surface area contributed by atoms with Crippen LogP contribution in [0.3, 0.4) is 0 Å². The molecule has 10 nitrogen and oxygen atoms in total. The van der Waals surface area contributed by atoms with Crippen LogP contribution in [-0.4, -0.2) is 91.1 Å². The molecule has 0 radical (unpaired) electrons. The summed E-state index contributed by atoms with van der Waals surface area (Å²) in [4.78, 5) is 41.6. The zero-order chi connectivity index (χ0) is 26.7. The molecule has 1 aromatic rings. The highest BCUT2D eigenvalue weighted by Gasteiger charge is 2.57. The van der Waals surface area contributed by atoms with Gasteiger partial charge in [-0.05, 0) is 57.4 Å². The molecule has 2 fully saturated rings. The molecule has 0 spiro atoms. The zero-order valence-corrected chi connectivity index (χ0v) is 21.9. The van der Waals surface area contributed by atoms with Crippen molar-refractivity contribution in [3.05, 3.63) is 35.5 Å². The number of hydrogen-bond acceptors (Lipinski definition) is 9. The molecule has 1 aromatic carbocycles. The molecule has 1 amide bonds. The van der Waals surface area contributed by atoms with Crippen molar-refractivity contribution in [3.63, 3.8) is 0 Å². The molecule has 0 unspecified atom stereocenters. The monoisotopic (exact) mass is 516 g/mol. The molecule has 3 aliphatic rings. The first kappa shape index (κ1) is 27.1. The summed E-state index contributed by atoms with van der Waals surface area (Å²) < 4.78 is 21.6. The lowest BCUT2D eigenvalue weighted by atomic mass is 9.82. The fraction of sp³-hybridized carbons (Fsp3) is 0.593. The molecule has 4 rings (SSSR count). The lowest BCUT2D eigenvalue weighted by Crippen LogP contribution is -2.61. The summed E-state index contributed by atoms with van der Waals surface area (Å²) in [7, 11) is 0. The maximum absolute atomic E-state index is 13.1. The van der Waals surface area contributed by atoms with Gasteiger partial charge in [0.05, 0.1) is 36.7 Å². The van der Waals surface area contributed by atoms with E-state index in [0.29, 0.717) is 24.4 Å². The second-order valence-electron chi connectivity index (χ2n) is 10.6. The molecule has 0 saturated carbocycles. The molecule has 202 valence electrons. The van der Waals surface area contributed by atoms with Gasteiger partial charge in [-0.3, -0.25) is 14.5 Å². The Kier molecular flexibility index (Phi) is 8.20. The predicted octanol–water partition coefficient (Wildman–Crippen LogP) is 1.81. The summed E-state index contributed by atoms with van der Waals surface area (Å²) in [5, 5.41) is 10.1. The van der Waals surface area contributed by atoms with Crippen LogP contribution in [-0.2, 0) is 28.6 Å². The minimum absolute atomic E-state index is 0.125. The topological polar surface area (TPSA) is 115 Å². The standard InChI is InChI=1S/C27H36N2O8/c1-17(30)22-21-15-20(18-5-7-19(8-6-18)35-14-11-28-9-12-34-13-10-28)23(29(21)24(22)31)25(32)36-16-37-26(33)27(2,3)4/h5-8,17,21-22,30H,9-16H2,1-4H3/t17-,21-,22-/m1/s1. The van der Waals surface area contributed by atoms with Gasteiger partial charge in [-0.25, -0.2) is 4.79 Å². The fourth-order valence-corrected chi connectivity index (χ4v) is 4.81. The molecule has 2 saturated heterocycles. The lowest BCUT2D eigenvalue weighted by molar-refractivity contribution is -0.175. The Labute approximate surface area is 217 Å². The van der Waals surface area contributed by atoms with E-state index < -0.39 is 36.2 Å². The number of ether oxygens (including phenoxy) is 4. The van der Waals surface area contributed by atoms with Gasteiger partial charge in [0.25, 0.3) is 0 Å². The largest absolute Gasteiger partial charge is 0.492 e. The zero-order valence-electron chi connectivity index (χ0n) is 21.9. The molecule has 0 aromatic heterocycles. The third-order valence-corrected chi connectivity index (χ3v) is 6.90. The number of carbonyl (C=O) groups excluding carboxylic acids is 3. The number of rotatable bonds is 9. The number of esters is 2. The Morgan fingerprint density at radius 3 is 2.43 bits per heavy atom. The number of nitrogens with zero attached hydrogens (tertiary/aromatic N) is 2. The molecular formula is C27H36N2O8. The molecule has 3 heterocycles. The van der Waals surface area contributed by atoms with E-state index in [2.05, 4.69) is 4.90 Å². The molecule has 37 heavy (non-hydrogen) atoms. The van der Waals surface area contributed by atoms with Crippen molar-refractivity contribution >= 4 is 23.4 Å². The number of fused-ring (bicyclic) bond motifs is 1. The molecule has 0 bridgehead atoms. The van der Waals surface area contributed by atoms with E-state index in [1.54, 1.807) is 27.7 Å². The summed E-state index contributed by atoms with van der Waals surface area (Å²) >= 11 is 0. The molecule has 1 N–H and O–H groups in total. The minimum Gasteiger partial charge on any atom is -0.492 e. The van der Waals surface area contributed by atoms with Gasteiger partial charge < -0.3 is 29.0 Å². The Hall–Kier alpha value is -2.95. The highest BCUT2D eigenvalue weighted by Crippen LogP contribution is 2.47. The van der Waals surface area contributed by atoms with Crippen molar-refractivity contribution in [2.45, 2.75) is 46.3 Å². The molecule has 10 heteroatoms. The van der Waals surface area contributed by atoms with Gasteiger partial charge in [0.2, 0.25) is 12.7 Å². The average Bonchev–Trinajstić information content (AvgIpc) is 3.19. The third kappa shape index (κ3) is 5.97. The summed E-state index contributed by atoms with van der Waals surface area (Å²) in [5.74, 6) is -1.45. The number of carbonyl (C=O) groups is 3. The first-order valence-electron chi connectivity index (χ1n) is 12.7. The van der Waals surface area contributed by atoms with Crippen molar-refractivity contribution in [2.75, 3.05) is 46.2 Å². The molecule has 3 aliphatic heterocycles. The van der Waals surface area contributed by atoms with Gasteiger partial charge in [0.15, 0.2) is 0 Å². The van der Waals surface area contributed by atoms with E-state index in [1.165, 1.54) is 4.90 Å². The minimum atomic E-state index is -0.833. The SMILES string of the molecule is C[C@@H](O)[C@H]1C(=O)N2C(C(=O)OCOC(=O)C(C)(C)C)=C(c3ccc(OCCN4CCOCC4)cc3)C[C@H]12. The van der Waals surface area contributed by atoms with Crippen molar-refractivity contribution in [3.8, 4) is 5.75 Å². The number of aliphatic hydroxyl groups excluding tert-OH is 1. The van der Waals surface area contributed by atoms with Crippen LogP contribution in [0.1, 0.15) is 39.7 Å². The third-order valence-electron chi connectivity index (χ3n) is 6.90. The Balaban J connectivity index is 1.45. The van der Waals surface area contributed by atoms with Crippen LogP contribution in [0.25, 0.3) is 5.57 Å². The van der Waals surface area contributed by atoms with Gasteiger partial charge in [0, 0.05) is 19.6 Å². The van der Waals surface area contributed by atoms with Crippen LogP contribution >= 0.6 is 0 Å². The molecule has 3 atom stereocenters.